The minimum absolute atomic E-state index is 0.206. The molecule has 0 aliphatic heterocycles. The summed E-state index contributed by atoms with van der Waals surface area (Å²) < 4.78 is 10.2. The van der Waals surface area contributed by atoms with Crippen molar-refractivity contribution in [2.75, 3.05) is 26.1 Å². The molecule has 0 fully saturated rings. The number of nitrogens with one attached hydrogen (secondary N) is 2. The fourth-order valence-corrected chi connectivity index (χ4v) is 3.30. The fraction of sp³-hybridized carbons (Fsp3) is 0.125. The number of aromatic nitrogens is 3. The molecule has 0 aliphatic rings. The van der Waals surface area contributed by atoms with E-state index in [1.54, 1.807) is 26.5 Å². The third kappa shape index (κ3) is 4.62. The van der Waals surface area contributed by atoms with E-state index in [4.69, 9.17) is 9.47 Å². The Morgan fingerprint density at radius 3 is 2.84 bits per heavy atom. The number of rotatable bonds is 7. The summed E-state index contributed by atoms with van der Waals surface area (Å²) in [4.78, 5) is 24.0. The lowest BCUT2D eigenvalue weighted by Gasteiger charge is -2.07. The average molecular weight is 414 g/mol. The van der Waals surface area contributed by atoms with E-state index in [2.05, 4.69) is 26.3 Å². The highest BCUT2D eigenvalue weighted by atomic mass is 16.5. The molecule has 4 rings (SSSR count). The molecule has 2 N–H and O–H groups in total. The molecular weight excluding hydrogens is 392 g/mol. The van der Waals surface area contributed by atoms with Gasteiger partial charge in [0.05, 0.1) is 13.7 Å². The maximum Gasteiger partial charge on any atom is 0.248 e. The number of pyridine rings is 2. The first kappa shape index (κ1) is 20.3. The molecule has 0 saturated carbocycles. The number of benzene rings is 1. The second kappa shape index (κ2) is 9.23. The molecule has 7 nitrogen and oxygen atoms in total. The lowest BCUT2D eigenvalue weighted by atomic mass is 10.0. The van der Waals surface area contributed by atoms with Crippen molar-refractivity contribution >= 4 is 22.6 Å². The van der Waals surface area contributed by atoms with Crippen molar-refractivity contribution in [2.24, 2.45) is 0 Å². The summed E-state index contributed by atoms with van der Waals surface area (Å²) in [7, 11) is 3.18. The standard InChI is InChI=1S/C24H22N4O3/c1-30-10-4-7-22(29)28-19-6-3-5-16(11-19)18-12-20-21(15-27-24(20)26-14-18)17-8-9-25-23(13-17)31-2/h3-9,11-15H,10H2,1-2H3,(H,26,27)(H,28,29)/b7-4+. The van der Waals surface area contributed by atoms with Gasteiger partial charge in [-0.25, -0.2) is 9.97 Å². The summed E-state index contributed by atoms with van der Waals surface area (Å²) in [5.41, 5.74) is 5.40. The molecule has 0 bridgehead atoms. The lowest BCUT2D eigenvalue weighted by molar-refractivity contribution is -0.111. The minimum atomic E-state index is -0.206. The molecule has 1 aromatic carbocycles. The number of hydrogen-bond acceptors (Lipinski definition) is 5. The second-order valence-electron chi connectivity index (χ2n) is 6.84. The molecule has 156 valence electrons. The van der Waals surface area contributed by atoms with Crippen LogP contribution in [0.2, 0.25) is 0 Å². The molecule has 7 heteroatoms. The van der Waals surface area contributed by atoms with Crippen LogP contribution in [0.4, 0.5) is 5.69 Å². The zero-order chi connectivity index (χ0) is 21.6. The Balaban J connectivity index is 1.65. The molecule has 1 amide bonds. The van der Waals surface area contributed by atoms with E-state index < -0.39 is 0 Å². The Hall–Kier alpha value is -3.97. The lowest BCUT2D eigenvalue weighted by Crippen LogP contribution is -2.08. The van der Waals surface area contributed by atoms with Crippen molar-refractivity contribution in [3.8, 4) is 28.1 Å². The summed E-state index contributed by atoms with van der Waals surface area (Å²) in [6.07, 6.45) is 8.59. The smallest absolute Gasteiger partial charge is 0.248 e. The summed E-state index contributed by atoms with van der Waals surface area (Å²) in [6.45, 7) is 0.390. The number of anilines is 1. The van der Waals surface area contributed by atoms with Crippen LogP contribution < -0.4 is 10.1 Å². The number of hydrogen-bond donors (Lipinski definition) is 2. The summed E-state index contributed by atoms with van der Waals surface area (Å²) in [5.74, 6) is 0.348. The van der Waals surface area contributed by atoms with E-state index in [0.29, 0.717) is 18.2 Å². The number of aromatic amines is 1. The van der Waals surface area contributed by atoms with Crippen LogP contribution in [0.15, 0.2) is 73.2 Å². The average Bonchev–Trinajstić information content (AvgIpc) is 3.23. The third-order valence-electron chi connectivity index (χ3n) is 4.78. The molecule has 0 spiro atoms. The van der Waals surface area contributed by atoms with Gasteiger partial charge in [-0.2, -0.15) is 0 Å². The first-order valence-corrected chi connectivity index (χ1v) is 9.72. The molecule has 0 unspecified atom stereocenters. The van der Waals surface area contributed by atoms with Gasteiger partial charge in [-0.05, 0) is 35.4 Å². The van der Waals surface area contributed by atoms with Gasteiger partial charge >= 0.3 is 0 Å². The molecule has 31 heavy (non-hydrogen) atoms. The Kier molecular flexibility index (Phi) is 6.05. The van der Waals surface area contributed by atoms with Crippen molar-refractivity contribution in [3.05, 3.63) is 73.2 Å². The van der Waals surface area contributed by atoms with Crippen LogP contribution in [-0.4, -0.2) is 41.7 Å². The van der Waals surface area contributed by atoms with Crippen molar-refractivity contribution in [1.29, 1.82) is 0 Å². The van der Waals surface area contributed by atoms with Crippen LogP contribution in [-0.2, 0) is 9.53 Å². The van der Waals surface area contributed by atoms with Gasteiger partial charge in [-0.1, -0.05) is 18.2 Å². The van der Waals surface area contributed by atoms with E-state index in [1.165, 1.54) is 6.08 Å². The summed E-state index contributed by atoms with van der Waals surface area (Å²) >= 11 is 0. The first-order valence-electron chi connectivity index (χ1n) is 9.72. The molecular formula is C24H22N4O3. The summed E-state index contributed by atoms with van der Waals surface area (Å²) in [6, 6.07) is 13.6. The molecule has 3 heterocycles. The predicted octanol–water partition coefficient (Wildman–Crippen LogP) is 4.44. The molecule has 0 atom stereocenters. The molecule has 4 aromatic rings. The monoisotopic (exact) mass is 414 g/mol. The topological polar surface area (TPSA) is 89.1 Å². The fourth-order valence-electron chi connectivity index (χ4n) is 3.30. The van der Waals surface area contributed by atoms with E-state index >= 15 is 0 Å². The highest BCUT2D eigenvalue weighted by Gasteiger charge is 2.11. The molecule has 0 saturated heterocycles. The van der Waals surface area contributed by atoms with Crippen molar-refractivity contribution in [1.82, 2.24) is 15.0 Å². The van der Waals surface area contributed by atoms with Crippen molar-refractivity contribution in [3.63, 3.8) is 0 Å². The maximum absolute atomic E-state index is 12.0. The zero-order valence-corrected chi connectivity index (χ0v) is 17.3. The van der Waals surface area contributed by atoms with E-state index in [-0.39, 0.29) is 5.91 Å². The second-order valence-corrected chi connectivity index (χ2v) is 6.84. The van der Waals surface area contributed by atoms with Crippen LogP contribution in [0.3, 0.4) is 0 Å². The van der Waals surface area contributed by atoms with Crippen LogP contribution in [0.25, 0.3) is 33.3 Å². The van der Waals surface area contributed by atoms with Crippen LogP contribution >= 0.6 is 0 Å². The van der Waals surface area contributed by atoms with Crippen LogP contribution in [0.1, 0.15) is 0 Å². The number of carbonyl (C=O) groups excluding carboxylic acids is 1. The maximum atomic E-state index is 12.0. The van der Waals surface area contributed by atoms with Crippen LogP contribution in [0, 0.1) is 0 Å². The van der Waals surface area contributed by atoms with Crippen LogP contribution in [0.5, 0.6) is 5.88 Å². The number of carbonyl (C=O) groups is 1. The quantitative estimate of drug-likeness (QED) is 0.437. The van der Waals surface area contributed by atoms with Crippen molar-refractivity contribution < 1.29 is 14.3 Å². The van der Waals surface area contributed by atoms with Gasteiger partial charge in [0.25, 0.3) is 0 Å². The zero-order valence-electron chi connectivity index (χ0n) is 17.3. The van der Waals surface area contributed by atoms with E-state index in [9.17, 15) is 4.79 Å². The normalized spacial score (nSPS) is 11.2. The molecule has 0 aliphatic carbocycles. The molecule has 0 radical (unpaired) electrons. The van der Waals surface area contributed by atoms with Gasteiger partial charge in [0.2, 0.25) is 11.8 Å². The predicted molar refractivity (Wildman–Crippen MR) is 121 cm³/mol. The van der Waals surface area contributed by atoms with Gasteiger partial charge in [0.15, 0.2) is 0 Å². The molecule has 3 aromatic heterocycles. The van der Waals surface area contributed by atoms with Gasteiger partial charge in [-0.15, -0.1) is 0 Å². The Morgan fingerprint density at radius 1 is 1.10 bits per heavy atom. The highest BCUT2D eigenvalue weighted by Crippen LogP contribution is 2.32. The SMILES string of the molecule is COC/C=C/C(=O)Nc1cccc(-c2cnc3[nH]cc(-c4ccnc(OC)c4)c3c2)c1. The van der Waals surface area contributed by atoms with E-state index in [1.807, 2.05) is 48.8 Å². The van der Waals surface area contributed by atoms with Gasteiger partial charge in [0, 0.05) is 60.0 Å². The largest absolute Gasteiger partial charge is 0.481 e. The van der Waals surface area contributed by atoms with E-state index in [0.717, 1.165) is 33.3 Å². The third-order valence-corrected chi connectivity index (χ3v) is 4.78. The minimum Gasteiger partial charge on any atom is -0.481 e. The number of methoxy groups -OCH3 is 2. The summed E-state index contributed by atoms with van der Waals surface area (Å²) in [5, 5.41) is 3.85. The van der Waals surface area contributed by atoms with Gasteiger partial charge < -0.3 is 19.8 Å². The first-order chi connectivity index (χ1) is 15.2. The number of amides is 1. The van der Waals surface area contributed by atoms with Crippen molar-refractivity contribution in [2.45, 2.75) is 0 Å². The number of ether oxygens (including phenoxy) is 2. The number of fused-ring (bicyclic) bond motifs is 1. The van der Waals surface area contributed by atoms with Gasteiger partial charge in [0.1, 0.15) is 5.65 Å². The number of H-pyrrole nitrogens is 1. The number of nitrogens with zero attached hydrogens (tertiary/aromatic N) is 2. The Bertz CT molecular complexity index is 1250. The Labute approximate surface area is 179 Å². The Morgan fingerprint density at radius 2 is 2.00 bits per heavy atom. The van der Waals surface area contributed by atoms with Gasteiger partial charge in [-0.3, -0.25) is 4.79 Å². The highest BCUT2D eigenvalue weighted by molar-refractivity contribution is 6.00.